The van der Waals surface area contributed by atoms with E-state index in [4.69, 9.17) is 5.11 Å². The number of rotatable bonds is 5. The standard InChI is InChI=1S/C10H18N2O3/c1-2-7(10(14)15)6-12-9(13)8-4-3-5-11-8/h7-8,11H,2-6H2,1H3,(H,12,13)(H,14,15)/t7?,8-/m0/s1. The van der Waals surface area contributed by atoms with Crippen LogP contribution in [-0.2, 0) is 9.59 Å². The summed E-state index contributed by atoms with van der Waals surface area (Å²) in [6.45, 7) is 2.90. The average Bonchev–Trinajstić information content (AvgIpc) is 2.70. The van der Waals surface area contributed by atoms with Gasteiger partial charge in [-0.3, -0.25) is 9.59 Å². The van der Waals surface area contributed by atoms with Crippen molar-refractivity contribution in [3.63, 3.8) is 0 Å². The molecular weight excluding hydrogens is 196 g/mol. The first kappa shape index (κ1) is 12.0. The van der Waals surface area contributed by atoms with Gasteiger partial charge in [0.05, 0.1) is 12.0 Å². The molecule has 1 rings (SSSR count). The molecule has 0 aliphatic carbocycles. The fourth-order valence-electron chi connectivity index (χ4n) is 1.66. The zero-order chi connectivity index (χ0) is 11.3. The molecule has 5 nitrogen and oxygen atoms in total. The van der Waals surface area contributed by atoms with Crippen molar-refractivity contribution in [1.82, 2.24) is 10.6 Å². The minimum Gasteiger partial charge on any atom is -0.481 e. The molecule has 1 fully saturated rings. The van der Waals surface area contributed by atoms with Crippen LogP contribution in [0.2, 0.25) is 0 Å². The monoisotopic (exact) mass is 214 g/mol. The summed E-state index contributed by atoms with van der Waals surface area (Å²) >= 11 is 0. The second-order valence-electron chi connectivity index (χ2n) is 3.84. The summed E-state index contributed by atoms with van der Waals surface area (Å²) in [5.74, 6) is -1.40. The largest absolute Gasteiger partial charge is 0.481 e. The first-order valence-electron chi connectivity index (χ1n) is 5.39. The molecule has 0 spiro atoms. The normalized spacial score (nSPS) is 22.3. The number of aliphatic carboxylic acids is 1. The van der Waals surface area contributed by atoms with Crippen LogP contribution in [0.25, 0.3) is 0 Å². The number of hydrogen-bond acceptors (Lipinski definition) is 3. The quantitative estimate of drug-likeness (QED) is 0.600. The van der Waals surface area contributed by atoms with Crippen molar-refractivity contribution < 1.29 is 14.7 Å². The molecule has 1 aliphatic rings. The maximum Gasteiger partial charge on any atom is 0.308 e. The fourth-order valence-corrected chi connectivity index (χ4v) is 1.66. The molecule has 0 aromatic rings. The van der Waals surface area contributed by atoms with Crippen LogP contribution in [0.4, 0.5) is 0 Å². The Morgan fingerprint density at radius 3 is 2.80 bits per heavy atom. The average molecular weight is 214 g/mol. The van der Waals surface area contributed by atoms with Gasteiger partial charge < -0.3 is 15.7 Å². The van der Waals surface area contributed by atoms with Gasteiger partial charge in [-0.05, 0) is 25.8 Å². The Kier molecular flexibility index (Phi) is 4.55. The number of amides is 1. The summed E-state index contributed by atoms with van der Waals surface area (Å²) in [4.78, 5) is 22.2. The molecule has 1 unspecified atom stereocenters. The molecule has 1 amide bonds. The van der Waals surface area contributed by atoms with Gasteiger partial charge in [0.25, 0.3) is 0 Å². The molecule has 1 aliphatic heterocycles. The van der Waals surface area contributed by atoms with E-state index < -0.39 is 11.9 Å². The van der Waals surface area contributed by atoms with E-state index in [-0.39, 0.29) is 18.5 Å². The molecule has 0 aromatic heterocycles. The highest BCUT2D eigenvalue weighted by Crippen LogP contribution is 2.05. The van der Waals surface area contributed by atoms with Gasteiger partial charge in [0, 0.05) is 6.54 Å². The summed E-state index contributed by atoms with van der Waals surface area (Å²) < 4.78 is 0. The van der Waals surface area contributed by atoms with Crippen molar-refractivity contribution in [3.8, 4) is 0 Å². The van der Waals surface area contributed by atoms with Gasteiger partial charge in [-0.25, -0.2) is 0 Å². The molecule has 5 heteroatoms. The van der Waals surface area contributed by atoms with Gasteiger partial charge in [0.15, 0.2) is 0 Å². The summed E-state index contributed by atoms with van der Waals surface area (Å²) in [7, 11) is 0. The van der Waals surface area contributed by atoms with Crippen molar-refractivity contribution in [2.24, 2.45) is 5.92 Å². The zero-order valence-electron chi connectivity index (χ0n) is 8.95. The van der Waals surface area contributed by atoms with E-state index in [0.717, 1.165) is 19.4 Å². The van der Waals surface area contributed by atoms with E-state index in [2.05, 4.69) is 10.6 Å². The first-order valence-corrected chi connectivity index (χ1v) is 5.39. The maximum atomic E-state index is 11.5. The fraction of sp³-hybridized carbons (Fsp3) is 0.800. The molecule has 0 bridgehead atoms. The van der Waals surface area contributed by atoms with Crippen molar-refractivity contribution in [2.75, 3.05) is 13.1 Å². The van der Waals surface area contributed by atoms with E-state index in [9.17, 15) is 9.59 Å². The van der Waals surface area contributed by atoms with Crippen LogP contribution in [0.3, 0.4) is 0 Å². The first-order chi connectivity index (χ1) is 7.15. The van der Waals surface area contributed by atoms with Crippen molar-refractivity contribution >= 4 is 11.9 Å². The van der Waals surface area contributed by atoms with Gasteiger partial charge >= 0.3 is 5.97 Å². The van der Waals surface area contributed by atoms with E-state index in [1.54, 1.807) is 6.92 Å². The minimum atomic E-state index is -0.850. The second-order valence-corrected chi connectivity index (χ2v) is 3.84. The van der Waals surface area contributed by atoms with Gasteiger partial charge in [-0.1, -0.05) is 6.92 Å². The predicted octanol–water partition coefficient (Wildman–Crippen LogP) is -0.0346. The lowest BCUT2D eigenvalue weighted by molar-refractivity contribution is -0.141. The number of carbonyl (C=O) groups excluding carboxylic acids is 1. The molecule has 1 heterocycles. The lowest BCUT2D eigenvalue weighted by Crippen LogP contribution is -2.43. The molecule has 3 N–H and O–H groups in total. The predicted molar refractivity (Wildman–Crippen MR) is 55.5 cm³/mol. The topological polar surface area (TPSA) is 78.4 Å². The molecule has 15 heavy (non-hydrogen) atoms. The zero-order valence-corrected chi connectivity index (χ0v) is 8.95. The smallest absolute Gasteiger partial charge is 0.308 e. The van der Waals surface area contributed by atoms with E-state index in [1.807, 2.05) is 0 Å². The molecule has 2 atom stereocenters. The number of carbonyl (C=O) groups is 2. The van der Waals surface area contributed by atoms with Crippen LogP contribution in [0, 0.1) is 5.92 Å². The molecule has 86 valence electrons. The summed E-state index contributed by atoms with van der Waals surface area (Å²) in [6, 6.07) is -0.128. The van der Waals surface area contributed by atoms with Crippen LogP contribution >= 0.6 is 0 Å². The Hall–Kier alpha value is -1.10. The summed E-state index contributed by atoms with van der Waals surface area (Å²) in [5, 5.41) is 14.5. The summed E-state index contributed by atoms with van der Waals surface area (Å²) in [5.41, 5.74) is 0. The van der Waals surface area contributed by atoms with Crippen LogP contribution in [0.15, 0.2) is 0 Å². The van der Waals surface area contributed by atoms with Crippen LogP contribution in [0.5, 0.6) is 0 Å². The van der Waals surface area contributed by atoms with Crippen molar-refractivity contribution in [2.45, 2.75) is 32.2 Å². The van der Waals surface area contributed by atoms with Gasteiger partial charge in [-0.2, -0.15) is 0 Å². The van der Waals surface area contributed by atoms with Gasteiger partial charge in [-0.15, -0.1) is 0 Å². The molecular formula is C10H18N2O3. The van der Waals surface area contributed by atoms with E-state index >= 15 is 0 Å². The molecule has 0 aromatic carbocycles. The second kappa shape index (κ2) is 5.70. The molecule has 0 saturated carbocycles. The van der Waals surface area contributed by atoms with Crippen molar-refractivity contribution in [1.29, 1.82) is 0 Å². The molecule has 1 saturated heterocycles. The lowest BCUT2D eigenvalue weighted by atomic mass is 10.1. The number of carboxylic acids is 1. The van der Waals surface area contributed by atoms with Crippen LogP contribution < -0.4 is 10.6 Å². The van der Waals surface area contributed by atoms with Crippen LogP contribution in [0.1, 0.15) is 26.2 Å². The van der Waals surface area contributed by atoms with E-state index in [0.29, 0.717) is 6.42 Å². The third-order valence-corrected chi connectivity index (χ3v) is 2.74. The Bertz CT molecular complexity index is 237. The van der Waals surface area contributed by atoms with Crippen LogP contribution in [-0.4, -0.2) is 36.1 Å². The van der Waals surface area contributed by atoms with Crippen molar-refractivity contribution in [3.05, 3.63) is 0 Å². The Labute approximate surface area is 89.2 Å². The van der Waals surface area contributed by atoms with Gasteiger partial charge in [0.2, 0.25) is 5.91 Å². The third kappa shape index (κ3) is 3.51. The highest BCUT2D eigenvalue weighted by Gasteiger charge is 2.23. The number of carboxylic acid groups (broad SMARTS) is 1. The third-order valence-electron chi connectivity index (χ3n) is 2.74. The number of hydrogen-bond donors (Lipinski definition) is 3. The lowest BCUT2D eigenvalue weighted by Gasteiger charge is -2.14. The Morgan fingerprint density at radius 1 is 1.60 bits per heavy atom. The SMILES string of the molecule is CCC(CNC(=O)[C@@H]1CCCN1)C(=O)O. The minimum absolute atomic E-state index is 0.0767. The van der Waals surface area contributed by atoms with E-state index in [1.165, 1.54) is 0 Å². The maximum absolute atomic E-state index is 11.5. The number of nitrogens with one attached hydrogen (secondary N) is 2. The summed E-state index contributed by atoms with van der Waals surface area (Å²) in [6.07, 6.45) is 2.39. The molecule has 0 radical (unpaired) electrons. The highest BCUT2D eigenvalue weighted by atomic mass is 16.4. The highest BCUT2D eigenvalue weighted by molar-refractivity contribution is 5.82. The Morgan fingerprint density at radius 2 is 2.33 bits per heavy atom. The Balaban J connectivity index is 2.28. The van der Waals surface area contributed by atoms with Gasteiger partial charge in [0.1, 0.15) is 0 Å².